The van der Waals surface area contributed by atoms with Gasteiger partial charge in [0.15, 0.2) is 6.04 Å². The summed E-state index contributed by atoms with van der Waals surface area (Å²) in [5, 5.41) is 9.09. The molecule has 15 heavy (non-hydrogen) atoms. The summed E-state index contributed by atoms with van der Waals surface area (Å²) in [4.78, 5) is 23.7. The van der Waals surface area contributed by atoms with Crippen molar-refractivity contribution in [2.45, 2.75) is 19.5 Å². The van der Waals surface area contributed by atoms with E-state index in [9.17, 15) is 9.59 Å². The first kappa shape index (κ1) is 9.71. The Bertz CT molecular complexity index is 428. The number of aliphatic carboxylic acids is 1. The van der Waals surface area contributed by atoms with Crippen LogP contribution in [0.2, 0.25) is 0 Å². The summed E-state index contributed by atoms with van der Waals surface area (Å²) in [5.74, 6) is -1.19. The first-order valence-electron chi connectivity index (χ1n) is 4.69. The minimum atomic E-state index is -0.977. The molecular weight excluding hydrogens is 194 g/mol. The zero-order valence-electron chi connectivity index (χ0n) is 8.30. The van der Waals surface area contributed by atoms with Gasteiger partial charge in [0.1, 0.15) is 0 Å². The number of rotatable bonds is 1. The molecule has 78 valence electrons. The molecule has 1 aromatic carbocycles. The number of carbonyl (C=O) groups excluding carboxylic acids is 1. The Morgan fingerprint density at radius 2 is 2.07 bits per heavy atom. The SMILES string of the molecule is CC(=O)N1Cc2ccccc2C1C(=O)O. The molecule has 0 bridgehead atoms. The van der Waals surface area contributed by atoms with Gasteiger partial charge >= 0.3 is 5.97 Å². The Labute approximate surface area is 87.1 Å². The normalized spacial score (nSPS) is 18.7. The molecule has 0 saturated carbocycles. The van der Waals surface area contributed by atoms with Gasteiger partial charge in [-0.05, 0) is 11.1 Å². The van der Waals surface area contributed by atoms with Gasteiger partial charge < -0.3 is 10.0 Å². The zero-order valence-corrected chi connectivity index (χ0v) is 8.30. The molecule has 1 aromatic rings. The summed E-state index contributed by atoms with van der Waals surface area (Å²) in [6, 6.07) is 6.43. The van der Waals surface area contributed by atoms with E-state index in [1.54, 1.807) is 12.1 Å². The first-order valence-corrected chi connectivity index (χ1v) is 4.69. The van der Waals surface area contributed by atoms with Crippen LogP contribution in [0.3, 0.4) is 0 Å². The molecule has 0 aromatic heterocycles. The second-order valence-corrected chi connectivity index (χ2v) is 3.59. The molecule has 1 atom stereocenters. The van der Waals surface area contributed by atoms with Crippen molar-refractivity contribution in [3.05, 3.63) is 35.4 Å². The maximum Gasteiger partial charge on any atom is 0.331 e. The topological polar surface area (TPSA) is 57.6 Å². The molecule has 1 aliphatic heterocycles. The van der Waals surface area contributed by atoms with E-state index in [4.69, 9.17) is 5.11 Å². The third-order valence-corrected chi connectivity index (χ3v) is 2.64. The van der Waals surface area contributed by atoms with Crippen molar-refractivity contribution < 1.29 is 14.7 Å². The van der Waals surface area contributed by atoms with Crippen LogP contribution in [0.1, 0.15) is 24.1 Å². The van der Waals surface area contributed by atoms with Crippen LogP contribution in [-0.2, 0) is 16.1 Å². The largest absolute Gasteiger partial charge is 0.479 e. The van der Waals surface area contributed by atoms with E-state index >= 15 is 0 Å². The molecule has 1 amide bonds. The molecule has 2 rings (SSSR count). The number of hydrogen-bond donors (Lipinski definition) is 1. The number of fused-ring (bicyclic) bond motifs is 1. The lowest BCUT2D eigenvalue weighted by atomic mass is 10.1. The number of carbonyl (C=O) groups is 2. The van der Waals surface area contributed by atoms with Crippen LogP contribution in [0.25, 0.3) is 0 Å². The van der Waals surface area contributed by atoms with Crippen molar-refractivity contribution in [2.75, 3.05) is 0 Å². The van der Waals surface area contributed by atoms with Crippen LogP contribution in [0.4, 0.5) is 0 Å². The summed E-state index contributed by atoms with van der Waals surface area (Å²) >= 11 is 0. The van der Waals surface area contributed by atoms with Gasteiger partial charge in [0.05, 0.1) is 0 Å². The van der Waals surface area contributed by atoms with Gasteiger partial charge in [-0.1, -0.05) is 24.3 Å². The molecule has 0 saturated heterocycles. The van der Waals surface area contributed by atoms with Crippen LogP contribution in [-0.4, -0.2) is 21.9 Å². The quantitative estimate of drug-likeness (QED) is 0.748. The Morgan fingerprint density at radius 3 is 2.67 bits per heavy atom. The molecule has 1 unspecified atom stereocenters. The molecule has 1 aliphatic rings. The molecule has 0 aliphatic carbocycles. The van der Waals surface area contributed by atoms with E-state index in [0.29, 0.717) is 6.54 Å². The lowest BCUT2D eigenvalue weighted by molar-refractivity contribution is -0.149. The lowest BCUT2D eigenvalue weighted by Crippen LogP contribution is -2.31. The fraction of sp³-hybridized carbons (Fsp3) is 0.273. The molecule has 4 nitrogen and oxygen atoms in total. The molecule has 1 N–H and O–H groups in total. The Balaban J connectivity index is 2.46. The fourth-order valence-electron chi connectivity index (χ4n) is 1.95. The Hall–Kier alpha value is -1.84. The highest BCUT2D eigenvalue weighted by atomic mass is 16.4. The van der Waals surface area contributed by atoms with Crippen molar-refractivity contribution >= 4 is 11.9 Å². The second-order valence-electron chi connectivity index (χ2n) is 3.59. The third-order valence-electron chi connectivity index (χ3n) is 2.64. The smallest absolute Gasteiger partial charge is 0.331 e. The van der Waals surface area contributed by atoms with Crippen molar-refractivity contribution in [1.82, 2.24) is 4.90 Å². The van der Waals surface area contributed by atoms with E-state index in [1.807, 2.05) is 12.1 Å². The van der Waals surface area contributed by atoms with E-state index in [0.717, 1.165) is 11.1 Å². The highest BCUT2D eigenvalue weighted by Gasteiger charge is 2.36. The van der Waals surface area contributed by atoms with Crippen LogP contribution in [0.5, 0.6) is 0 Å². The minimum absolute atomic E-state index is 0.210. The summed E-state index contributed by atoms with van der Waals surface area (Å²) in [6.07, 6.45) is 0. The molecule has 0 fully saturated rings. The van der Waals surface area contributed by atoms with Gasteiger partial charge in [-0.2, -0.15) is 0 Å². The first-order chi connectivity index (χ1) is 7.11. The molecule has 1 heterocycles. The predicted molar refractivity (Wildman–Crippen MR) is 53.0 cm³/mol. The summed E-state index contributed by atoms with van der Waals surface area (Å²) < 4.78 is 0. The average molecular weight is 205 g/mol. The maximum atomic E-state index is 11.3. The van der Waals surface area contributed by atoms with E-state index in [1.165, 1.54) is 11.8 Å². The van der Waals surface area contributed by atoms with Crippen molar-refractivity contribution in [2.24, 2.45) is 0 Å². The van der Waals surface area contributed by atoms with E-state index in [2.05, 4.69) is 0 Å². The second kappa shape index (κ2) is 3.38. The zero-order chi connectivity index (χ0) is 11.0. The van der Waals surface area contributed by atoms with Gasteiger partial charge in [-0.15, -0.1) is 0 Å². The third kappa shape index (κ3) is 1.48. The predicted octanol–water partition coefficient (Wildman–Crippen LogP) is 1.17. The van der Waals surface area contributed by atoms with Crippen LogP contribution in [0.15, 0.2) is 24.3 Å². The lowest BCUT2D eigenvalue weighted by Gasteiger charge is -2.19. The highest BCUT2D eigenvalue weighted by molar-refractivity contribution is 5.85. The number of nitrogens with zero attached hydrogens (tertiary/aromatic N) is 1. The standard InChI is InChI=1S/C11H11NO3/c1-7(13)12-6-8-4-2-3-5-9(8)10(12)11(14)15/h2-5,10H,6H2,1H3,(H,14,15). The monoisotopic (exact) mass is 205 g/mol. The van der Waals surface area contributed by atoms with Crippen molar-refractivity contribution in [3.8, 4) is 0 Å². The van der Waals surface area contributed by atoms with Gasteiger partial charge in [0, 0.05) is 13.5 Å². The number of carboxylic acid groups (broad SMARTS) is 1. The number of hydrogen-bond acceptors (Lipinski definition) is 2. The molecular formula is C11H11NO3. The van der Waals surface area contributed by atoms with Gasteiger partial charge in [-0.3, -0.25) is 4.79 Å². The summed E-state index contributed by atoms with van der Waals surface area (Å²) in [5.41, 5.74) is 1.64. The average Bonchev–Trinajstić information content (AvgIpc) is 2.56. The highest BCUT2D eigenvalue weighted by Crippen LogP contribution is 2.33. The number of benzene rings is 1. The molecule has 0 spiro atoms. The Kier molecular flexibility index (Phi) is 2.19. The van der Waals surface area contributed by atoms with Crippen LogP contribution in [0, 0.1) is 0 Å². The fourth-order valence-corrected chi connectivity index (χ4v) is 1.95. The van der Waals surface area contributed by atoms with E-state index in [-0.39, 0.29) is 5.91 Å². The van der Waals surface area contributed by atoms with E-state index < -0.39 is 12.0 Å². The van der Waals surface area contributed by atoms with Crippen molar-refractivity contribution in [1.29, 1.82) is 0 Å². The molecule has 0 radical (unpaired) electrons. The van der Waals surface area contributed by atoms with Crippen LogP contribution >= 0.6 is 0 Å². The summed E-state index contributed by atoms with van der Waals surface area (Å²) in [7, 11) is 0. The van der Waals surface area contributed by atoms with Gasteiger partial charge in [0.2, 0.25) is 5.91 Å². The van der Waals surface area contributed by atoms with Gasteiger partial charge in [-0.25, -0.2) is 4.79 Å². The van der Waals surface area contributed by atoms with Gasteiger partial charge in [0.25, 0.3) is 0 Å². The Morgan fingerprint density at radius 1 is 1.40 bits per heavy atom. The van der Waals surface area contributed by atoms with Crippen molar-refractivity contribution in [3.63, 3.8) is 0 Å². The van der Waals surface area contributed by atoms with Crippen LogP contribution < -0.4 is 0 Å². The maximum absolute atomic E-state index is 11.3. The molecule has 4 heteroatoms. The summed E-state index contributed by atoms with van der Waals surface area (Å²) in [6.45, 7) is 1.78. The number of carboxylic acids is 1. The minimum Gasteiger partial charge on any atom is -0.479 e. The number of amides is 1.